The van der Waals surface area contributed by atoms with Crippen LogP contribution in [-0.4, -0.2) is 77.1 Å². The maximum Gasteiger partial charge on any atom is 0.410 e. The molecule has 29 heavy (non-hydrogen) atoms. The van der Waals surface area contributed by atoms with Crippen molar-refractivity contribution in [1.82, 2.24) is 14.7 Å². The predicted octanol–water partition coefficient (Wildman–Crippen LogP) is 3.53. The van der Waals surface area contributed by atoms with E-state index < -0.39 is 5.60 Å². The molecule has 2 fully saturated rings. The largest absolute Gasteiger partial charge is 0.444 e. The quantitative estimate of drug-likeness (QED) is 0.684. The molecular weight excluding hydrogens is 434 g/mol. The SMILES string of the molecule is CC[C@@H]1CN2[C@H](CN(C)C(=O)[C@H]2Cc2ccc(Br)cc2)CN1C(=O)OC(C)(C)C. The van der Waals surface area contributed by atoms with Gasteiger partial charge in [-0.2, -0.15) is 0 Å². The van der Waals surface area contributed by atoms with Crippen LogP contribution >= 0.6 is 15.9 Å². The first-order valence-electron chi connectivity index (χ1n) is 10.3. The van der Waals surface area contributed by atoms with Crippen molar-refractivity contribution in [2.75, 3.05) is 26.7 Å². The van der Waals surface area contributed by atoms with Gasteiger partial charge < -0.3 is 14.5 Å². The van der Waals surface area contributed by atoms with Crippen LogP contribution in [0.2, 0.25) is 0 Å². The minimum Gasteiger partial charge on any atom is -0.444 e. The van der Waals surface area contributed by atoms with Gasteiger partial charge in [0, 0.05) is 43.2 Å². The van der Waals surface area contributed by atoms with Crippen molar-refractivity contribution in [3.05, 3.63) is 34.3 Å². The summed E-state index contributed by atoms with van der Waals surface area (Å²) in [4.78, 5) is 31.8. The number of carbonyl (C=O) groups is 2. The Labute approximate surface area is 182 Å². The fraction of sp³-hybridized carbons (Fsp3) is 0.636. The number of ether oxygens (including phenoxy) is 1. The Hall–Kier alpha value is -1.60. The minimum atomic E-state index is -0.518. The number of nitrogens with zero attached hydrogens (tertiary/aromatic N) is 3. The normalized spacial score (nSPS) is 25.7. The molecule has 1 aromatic rings. The van der Waals surface area contributed by atoms with Crippen molar-refractivity contribution in [2.24, 2.45) is 0 Å². The number of piperazine rings is 2. The van der Waals surface area contributed by atoms with Crippen molar-refractivity contribution < 1.29 is 14.3 Å². The maximum atomic E-state index is 13.0. The molecule has 7 heteroatoms. The van der Waals surface area contributed by atoms with E-state index >= 15 is 0 Å². The lowest BCUT2D eigenvalue weighted by atomic mass is 9.94. The molecule has 2 aliphatic heterocycles. The van der Waals surface area contributed by atoms with E-state index in [4.69, 9.17) is 4.74 Å². The van der Waals surface area contributed by atoms with Gasteiger partial charge in [0.25, 0.3) is 0 Å². The van der Waals surface area contributed by atoms with Crippen molar-refractivity contribution in [2.45, 2.75) is 64.3 Å². The lowest BCUT2D eigenvalue weighted by molar-refractivity contribution is -0.147. The number of carbonyl (C=O) groups excluding carboxylic acids is 2. The molecule has 3 rings (SSSR count). The predicted molar refractivity (Wildman–Crippen MR) is 117 cm³/mol. The lowest BCUT2D eigenvalue weighted by Gasteiger charge is -2.52. The van der Waals surface area contributed by atoms with Crippen LogP contribution in [0.1, 0.15) is 39.7 Å². The maximum absolute atomic E-state index is 13.0. The third-order valence-corrected chi connectivity index (χ3v) is 6.26. The summed E-state index contributed by atoms with van der Waals surface area (Å²) in [5.74, 6) is 0.157. The molecule has 0 spiro atoms. The van der Waals surface area contributed by atoms with Crippen LogP contribution in [0.15, 0.2) is 28.7 Å². The summed E-state index contributed by atoms with van der Waals surface area (Å²) < 4.78 is 6.68. The monoisotopic (exact) mass is 465 g/mol. The van der Waals surface area contributed by atoms with Crippen LogP contribution < -0.4 is 0 Å². The summed E-state index contributed by atoms with van der Waals surface area (Å²) in [6, 6.07) is 8.12. The van der Waals surface area contributed by atoms with Gasteiger partial charge in [0.2, 0.25) is 5.91 Å². The lowest BCUT2D eigenvalue weighted by Crippen LogP contribution is -2.70. The molecule has 2 amide bonds. The molecule has 2 heterocycles. The topological polar surface area (TPSA) is 53.1 Å². The van der Waals surface area contributed by atoms with Gasteiger partial charge in [0.15, 0.2) is 0 Å². The molecule has 160 valence electrons. The fourth-order valence-electron chi connectivity index (χ4n) is 4.26. The highest BCUT2D eigenvalue weighted by molar-refractivity contribution is 9.10. The zero-order chi connectivity index (χ0) is 21.3. The second-order valence-corrected chi connectivity index (χ2v) is 10.0. The summed E-state index contributed by atoms with van der Waals surface area (Å²) in [7, 11) is 1.86. The summed E-state index contributed by atoms with van der Waals surface area (Å²) in [5.41, 5.74) is 0.624. The van der Waals surface area contributed by atoms with Gasteiger partial charge in [-0.25, -0.2) is 4.79 Å². The highest BCUT2D eigenvalue weighted by atomic mass is 79.9. The Bertz CT molecular complexity index is 747. The third kappa shape index (κ3) is 5.12. The Kier molecular flexibility index (Phi) is 6.58. The molecule has 0 bridgehead atoms. The van der Waals surface area contributed by atoms with Crippen molar-refractivity contribution in [1.29, 1.82) is 0 Å². The Morgan fingerprint density at radius 3 is 2.41 bits per heavy atom. The van der Waals surface area contributed by atoms with E-state index in [-0.39, 0.29) is 30.1 Å². The number of likely N-dealkylation sites (N-methyl/N-ethyl adjacent to an activating group) is 1. The van der Waals surface area contributed by atoms with Crippen molar-refractivity contribution in [3.8, 4) is 0 Å². The molecule has 0 aromatic heterocycles. The van der Waals surface area contributed by atoms with E-state index in [1.165, 1.54) is 0 Å². The highest BCUT2D eigenvalue weighted by Crippen LogP contribution is 2.28. The Balaban J connectivity index is 1.81. The first-order valence-corrected chi connectivity index (χ1v) is 11.1. The van der Waals surface area contributed by atoms with E-state index in [0.29, 0.717) is 26.1 Å². The van der Waals surface area contributed by atoms with E-state index in [9.17, 15) is 9.59 Å². The first-order chi connectivity index (χ1) is 13.6. The molecule has 2 saturated heterocycles. The minimum absolute atomic E-state index is 0.0460. The Morgan fingerprint density at radius 1 is 1.17 bits per heavy atom. The standard InChI is InChI=1S/C22H32BrN3O3/c1-6-17-13-25-18(14-26(17)21(28)29-22(2,3)4)12-24(5)20(27)19(25)11-15-7-9-16(23)10-8-15/h7-10,17-19H,6,11-14H2,1-5H3/t17-,18-,19-/m1/s1. The third-order valence-electron chi connectivity index (χ3n) is 5.73. The molecule has 0 radical (unpaired) electrons. The van der Waals surface area contributed by atoms with Gasteiger partial charge in [-0.3, -0.25) is 9.69 Å². The van der Waals surface area contributed by atoms with Gasteiger partial charge in [-0.1, -0.05) is 35.0 Å². The fourth-order valence-corrected chi connectivity index (χ4v) is 4.52. The van der Waals surface area contributed by atoms with E-state index in [1.807, 2.05) is 49.8 Å². The molecular formula is C22H32BrN3O3. The van der Waals surface area contributed by atoms with Gasteiger partial charge in [0.1, 0.15) is 5.60 Å². The van der Waals surface area contributed by atoms with Gasteiger partial charge in [-0.15, -0.1) is 0 Å². The van der Waals surface area contributed by atoms with Crippen LogP contribution in [-0.2, 0) is 16.0 Å². The number of fused-ring (bicyclic) bond motifs is 1. The molecule has 3 atom stereocenters. The number of benzene rings is 1. The first kappa shape index (κ1) is 22.1. The van der Waals surface area contributed by atoms with E-state index in [2.05, 4.69) is 39.9 Å². The smallest absolute Gasteiger partial charge is 0.410 e. The molecule has 0 aliphatic carbocycles. The molecule has 2 aliphatic rings. The van der Waals surface area contributed by atoms with Crippen molar-refractivity contribution in [3.63, 3.8) is 0 Å². The number of hydrogen-bond acceptors (Lipinski definition) is 4. The van der Waals surface area contributed by atoms with Crippen LogP contribution in [0.25, 0.3) is 0 Å². The number of rotatable bonds is 3. The van der Waals surface area contributed by atoms with Crippen molar-refractivity contribution >= 4 is 27.9 Å². The Morgan fingerprint density at radius 2 is 1.83 bits per heavy atom. The molecule has 1 aromatic carbocycles. The average Bonchev–Trinajstić information content (AvgIpc) is 2.64. The summed E-state index contributed by atoms with van der Waals surface area (Å²) >= 11 is 3.47. The summed E-state index contributed by atoms with van der Waals surface area (Å²) in [6.45, 7) is 9.68. The summed E-state index contributed by atoms with van der Waals surface area (Å²) in [5, 5.41) is 0. The summed E-state index contributed by atoms with van der Waals surface area (Å²) in [6.07, 6.45) is 1.25. The van der Waals surface area contributed by atoms with Gasteiger partial charge >= 0.3 is 6.09 Å². The molecule has 0 N–H and O–H groups in total. The number of halogens is 1. The second kappa shape index (κ2) is 8.64. The average molecular weight is 466 g/mol. The zero-order valence-electron chi connectivity index (χ0n) is 18.0. The molecule has 0 unspecified atom stereocenters. The van der Waals surface area contributed by atoms with Gasteiger partial charge in [0.05, 0.1) is 6.04 Å². The van der Waals surface area contributed by atoms with E-state index in [0.717, 1.165) is 16.5 Å². The van der Waals surface area contributed by atoms with Crippen LogP contribution in [0, 0.1) is 0 Å². The van der Waals surface area contributed by atoms with Gasteiger partial charge in [-0.05, 0) is 51.3 Å². The zero-order valence-corrected chi connectivity index (χ0v) is 19.6. The van der Waals surface area contributed by atoms with E-state index in [1.54, 1.807) is 0 Å². The van der Waals surface area contributed by atoms with Crippen LogP contribution in [0.4, 0.5) is 4.79 Å². The van der Waals surface area contributed by atoms with Crippen LogP contribution in [0.5, 0.6) is 0 Å². The molecule has 0 saturated carbocycles. The second-order valence-electron chi connectivity index (χ2n) is 9.11. The number of amides is 2. The molecule has 6 nitrogen and oxygen atoms in total. The number of hydrogen-bond donors (Lipinski definition) is 0. The highest BCUT2D eigenvalue weighted by Gasteiger charge is 2.46. The van der Waals surface area contributed by atoms with Crippen LogP contribution in [0.3, 0.4) is 0 Å².